The first-order chi connectivity index (χ1) is 13.5. The van der Waals surface area contributed by atoms with E-state index in [9.17, 15) is 9.59 Å². The monoisotopic (exact) mass is 382 g/mol. The number of hydrazone groups is 1. The Hall–Kier alpha value is -3.09. The van der Waals surface area contributed by atoms with Crippen LogP contribution in [0.5, 0.6) is 5.75 Å². The molecule has 2 heterocycles. The van der Waals surface area contributed by atoms with Gasteiger partial charge in [-0.15, -0.1) is 0 Å². The topological polar surface area (TPSA) is 75.9 Å². The normalized spacial score (nSPS) is 14.3. The largest absolute Gasteiger partial charge is 0.497 e. The number of hydrogen-bond acceptors (Lipinski definition) is 4. The molecule has 7 heteroatoms. The number of nitrogens with zero attached hydrogens (tertiary/aromatic N) is 3. The van der Waals surface area contributed by atoms with Crippen LogP contribution in [0, 0.1) is 13.8 Å². The first-order valence-corrected chi connectivity index (χ1v) is 9.47. The molecule has 3 rings (SSSR count). The summed E-state index contributed by atoms with van der Waals surface area (Å²) in [7, 11) is 1.64. The molecule has 1 aromatic heterocycles. The highest BCUT2D eigenvalue weighted by molar-refractivity contribution is 6.35. The summed E-state index contributed by atoms with van der Waals surface area (Å²) in [6.45, 7) is 5.27. The first-order valence-electron chi connectivity index (χ1n) is 9.47. The number of carbonyl (C=O) groups is 2. The fourth-order valence-corrected chi connectivity index (χ4v) is 3.50. The lowest BCUT2D eigenvalue weighted by Gasteiger charge is -2.25. The summed E-state index contributed by atoms with van der Waals surface area (Å²) in [6, 6.07) is 9.78. The Bertz CT molecular complexity index is 878. The lowest BCUT2D eigenvalue weighted by Crippen LogP contribution is -2.43. The standard InChI is InChI=1S/C21H26N4O3/c1-15-13-17(16(2)25(15)18-7-9-19(28-3)10-8-18)14-22-23-20(26)21(27)24-11-5-4-6-12-24/h7-10,13-14H,4-6,11-12H2,1-3H3,(H,23,26)/b22-14-. The van der Waals surface area contributed by atoms with Gasteiger partial charge in [-0.05, 0) is 63.4 Å². The van der Waals surface area contributed by atoms with Crippen molar-refractivity contribution in [2.75, 3.05) is 20.2 Å². The van der Waals surface area contributed by atoms with Gasteiger partial charge >= 0.3 is 11.8 Å². The van der Waals surface area contributed by atoms with E-state index < -0.39 is 11.8 Å². The van der Waals surface area contributed by atoms with Crippen molar-refractivity contribution in [1.29, 1.82) is 0 Å². The van der Waals surface area contributed by atoms with Crippen LogP contribution in [0.3, 0.4) is 0 Å². The minimum atomic E-state index is -0.692. The van der Waals surface area contributed by atoms with Crippen molar-refractivity contribution in [3.05, 3.63) is 47.3 Å². The number of aromatic nitrogens is 1. The van der Waals surface area contributed by atoms with Gasteiger partial charge in [-0.2, -0.15) is 5.10 Å². The number of piperidine rings is 1. The van der Waals surface area contributed by atoms with Gasteiger partial charge in [0.1, 0.15) is 5.75 Å². The summed E-state index contributed by atoms with van der Waals surface area (Å²) < 4.78 is 7.31. The Kier molecular flexibility index (Phi) is 6.13. The molecular formula is C21H26N4O3. The van der Waals surface area contributed by atoms with Crippen LogP contribution in [-0.4, -0.2) is 47.7 Å². The van der Waals surface area contributed by atoms with Crippen molar-refractivity contribution < 1.29 is 14.3 Å². The maximum Gasteiger partial charge on any atom is 0.329 e. The quantitative estimate of drug-likeness (QED) is 0.502. The molecule has 0 spiro atoms. The number of amides is 2. The van der Waals surface area contributed by atoms with Crippen molar-refractivity contribution in [3.8, 4) is 11.4 Å². The van der Waals surface area contributed by atoms with Crippen LogP contribution in [0.25, 0.3) is 5.69 Å². The van der Waals surface area contributed by atoms with Gasteiger partial charge in [-0.3, -0.25) is 9.59 Å². The molecule has 0 aliphatic carbocycles. The zero-order valence-corrected chi connectivity index (χ0v) is 16.6. The molecule has 1 N–H and O–H groups in total. The summed E-state index contributed by atoms with van der Waals surface area (Å²) in [5.41, 5.74) is 6.27. The number of hydrogen-bond donors (Lipinski definition) is 1. The van der Waals surface area contributed by atoms with E-state index in [0.717, 1.165) is 47.7 Å². The van der Waals surface area contributed by atoms with Crippen LogP contribution in [-0.2, 0) is 9.59 Å². The fraction of sp³-hybridized carbons (Fsp3) is 0.381. The molecule has 2 aromatic rings. The molecule has 7 nitrogen and oxygen atoms in total. The van der Waals surface area contributed by atoms with E-state index >= 15 is 0 Å². The molecule has 148 valence electrons. The number of benzene rings is 1. The second-order valence-electron chi connectivity index (χ2n) is 6.91. The number of aryl methyl sites for hydroxylation is 1. The molecule has 1 aliphatic rings. The zero-order chi connectivity index (χ0) is 20.1. The van der Waals surface area contributed by atoms with Gasteiger partial charge in [0, 0.05) is 35.7 Å². The van der Waals surface area contributed by atoms with Gasteiger partial charge in [0.25, 0.3) is 0 Å². The van der Waals surface area contributed by atoms with E-state index in [4.69, 9.17) is 4.74 Å². The average Bonchev–Trinajstić information content (AvgIpc) is 3.01. The third-order valence-electron chi connectivity index (χ3n) is 5.01. The molecular weight excluding hydrogens is 356 g/mol. The number of nitrogens with one attached hydrogen (secondary N) is 1. The zero-order valence-electron chi connectivity index (χ0n) is 16.6. The predicted molar refractivity (Wildman–Crippen MR) is 108 cm³/mol. The summed E-state index contributed by atoms with van der Waals surface area (Å²) in [5.74, 6) is -0.406. The van der Waals surface area contributed by atoms with E-state index in [0.29, 0.717) is 13.1 Å². The SMILES string of the molecule is COc1ccc(-n2c(C)cc(/C=N\NC(=O)C(=O)N3CCCCC3)c2C)cc1. The van der Waals surface area contributed by atoms with E-state index in [1.807, 2.05) is 44.2 Å². The van der Waals surface area contributed by atoms with Crippen LogP contribution in [0.2, 0.25) is 0 Å². The highest BCUT2D eigenvalue weighted by Crippen LogP contribution is 2.22. The van der Waals surface area contributed by atoms with Crippen LogP contribution >= 0.6 is 0 Å². The van der Waals surface area contributed by atoms with Gasteiger partial charge in [-0.25, -0.2) is 5.43 Å². The highest BCUT2D eigenvalue weighted by Gasteiger charge is 2.22. The predicted octanol–water partition coefficient (Wildman–Crippen LogP) is 2.57. The molecule has 1 fully saturated rings. The second kappa shape index (κ2) is 8.73. The third-order valence-corrected chi connectivity index (χ3v) is 5.01. The summed E-state index contributed by atoms with van der Waals surface area (Å²) in [4.78, 5) is 25.8. The molecule has 0 bridgehead atoms. The van der Waals surface area contributed by atoms with Gasteiger partial charge in [-0.1, -0.05) is 0 Å². The molecule has 0 radical (unpaired) electrons. The summed E-state index contributed by atoms with van der Waals surface area (Å²) >= 11 is 0. The molecule has 28 heavy (non-hydrogen) atoms. The Morgan fingerprint density at radius 1 is 1.11 bits per heavy atom. The summed E-state index contributed by atoms with van der Waals surface area (Å²) in [6.07, 6.45) is 4.57. The molecule has 2 amide bonds. The number of carbonyl (C=O) groups excluding carboxylic acids is 2. The van der Waals surface area contributed by atoms with Gasteiger partial charge < -0.3 is 14.2 Å². The third kappa shape index (κ3) is 4.24. The Labute approximate surface area is 165 Å². The van der Waals surface area contributed by atoms with E-state index in [2.05, 4.69) is 15.1 Å². The van der Waals surface area contributed by atoms with E-state index in [-0.39, 0.29) is 0 Å². The van der Waals surface area contributed by atoms with Crippen molar-refractivity contribution in [2.45, 2.75) is 33.1 Å². The Morgan fingerprint density at radius 3 is 2.43 bits per heavy atom. The summed E-state index contributed by atoms with van der Waals surface area (Å²) in [5, 5.41) is 3.99. The number of likely N-dealkylation sites (tertiary alicyclic amines) is 1. The lowest BCUT2D eigenvalue weighted by atomic mass is 10.1. The van der Waals surface area contributed by atoms with Gasteiger partial charge in [0.2, 0.25) is 0 Å². The minimum Gasteiger partial charge on any atom is -0.497 e. The Morgan fingerprint density at radius 2 is 1.79 bits per heavy atom. The average molecular weight is 382 g/mol. The van der Waals surface area contributed by atoms with Gasteiger partial charge in [0.05, 0.1) is 13.3 Å². The molecule has 0 saturated carbocycles. The van der Waals surface area contributed by atoms with Crippen molar-refractivity contribution in [1.82, 2.24) is 14.9 Å². The number of ether oxygens (including phenoxy) is 1. The number of rotatable bonds is 4. The van der Waals surface area contributed by atoms with Crippen LogP contribution in [0.4, 0.5) is 0 Å². The first kappa shape index (κ1) is 19.7. The van der Waals surface area contributed by atoms with E-state index in [1.54, 1.807) is 18.2 Å². The smallest absolute Gasteiger partial charge is 0.329 e. The second-order valence-corrected chi connectivity index (χ2v) is 6.91. The maximum absolute atomic E-state index is 12.1. The lowest BCUT2D eigenvalue weighted by molar-refractivity contribution is -0.146. The molecule has 0 atom stereocenters. The van der Waals surface area contributed by atoms with Gasteiger partial charge in [0.15, 0.2) is 0 Å². The van der Waals surface area contributed by atoms with Crippen molar-refractivity contribution >= 4 is 18.0 Å². The van der Waals surface area contributed by atoms with E-state index in [1.165, 1.54) is 0 Å². The highest BCUT2D eigenvalue weighted by atomic mass is 16.5. The van der Waals surface area contributed by atoms with Crippen LogP contribution < -0.4 is 10.2 Å². The molecule has 1 aromatic carbocycles. The number of methoxy groups -OCH3 is 1. The Balaban J connectivity index is 1.68. The fourth-order valence-electron chi connectivity index (χ4n) is 3.50. The van der Waals surface area contributed by atoms with Crippen molar-refractivity contribution in [2.24, 2.45) is 5.10 Å². The maximum atomic E-state index is 12.1. The van der Waals surface area contributed by atoms with Crippen LogP contribution in [0.15, 0.2) is 35.4 Å². The molecule has 1 saturated heterocycles. The minimum absolute atomic E-state index is 0.513. The van der Waals surface area contributed by atoms with Crippen molar-refractivity contribution in [3.63, 3.8) is 0 Å². The molecule has 0 unspecified atom stereocenters. The molecule has 1 aliphatic heterocycles. The van der Waals surface area contributed by atoms with Crippen LogP contribution in [0.1, 0.15) is 36.2 Å².